The number of carbonyl (C=O) groups excluding carboxylic acids is 1. The maximum Gasteiger partial charge on any atom is 0.322 e. The van der Waals surface area contributed by atoms with E-state index in [9.17, 15) is 18.0 Å². The van der Waals surface area contributed by atoms with Gasteiger partial charge in [0.05, 0.1) is 18.1 Å². The Labute approximate surface area is 178 Å². The Kier molecular flexibility index (Phi) is 5.08. The number of alkyl halides is 2. The van der Waals surface area contributed by atoms with Crippen LogP contribution in [0.2, 0.25) is 0 Å². The molecule has 0 saturated heterocycles. The van der Waals surface area contributed by atoms with Crippen molar-refractivity contribution >= 4 is 34.3 Å². The molecule has 4 rings (SSSR count). The van der Waals surface area contributed by atoms with Gasteiger partial charge in [0.25, 0.3) is 5.91 Å². The van der Waals surface area contributed by atoms with E-state index >= 15 is 0 Å². The zero-order valence-electron chi connectivity index (χ0n) is 16.6. The number of halogens is 3. The number of nitrogens with two attached hydrogens (primary N) is 2. The minimum Gasteiger partial charge on any atom is -0.382 e. The van der Waals surface area contributed by atoms with E-state index in [1.165, 1.54) is 16.9 Å². The van der Waals surface area contributed by atoms with Crippen molar-refractivity contribution in [3.05, 3.63) is 47.9 Å². The van der Waals surface area contributed by atoms with Crippen LogP contribution in [0.3, 0.4) is 0 Å². The van der Waals surface area contributed by atoms with Crippen molar-refractivity contribution in [1.29, 1.82) is 0 Å². The summed E-state index contributed by atoms with van der Waals surface area (Å²) < 4.78 is 42.0. The van der Waals surface area contributed by atoms with Gasteiger partial charge < -0.3 is 16.8 Å². The van der Waals surface area contributed by atoms with E-state index in [0.717, 1.165) is 0 Å². The zero-order chi connectivity index (χ0) is 23.0. The lowest BCUT2D eigenvalue weighted by atomic mass is 10.2. The maximum absolute atomic E-state index is 14.1. The van der Waals surface area contributed by atoms with E-state index in [1.54, 1.807) is 24.3 Å². The number of nitrogens with zero attached hydrogens (tertiary/aromatic N) is 6. The highest BCUT2D eigenvalue weighted by atomic mass is 19.3. The summed E-state index contributed by atoms with van der Waals surface area (Å²) >= 11 is 0. The van der Waals surface area contributed by atoms with E-state index in [1.807, 2.05) is 5.32 Å². The minimum atomic E-state index is -3.65. The number of nitrogens with one attached hydrogen (secondary N) is 1. The van der Waals surface area contributed by atoms with E-state index in [-0.39, 0.29) is 35.4 Å². The monoisotopic (exact) mass is 443 g/mol. The predicted molar refractivity (Wildman–Crippen MR) is 110 cm³/mol. The number of amides is 1. The molecule has 10 nitrogen and oxygen atoms in total. The Hall–Kier alpha value is -4.29. The van der Waals surface area contributed by atoms with Gasteiger partial charge in [0.15, 0.2) is 23.1 Å². The number of fused-ring (bicyclic) bond motifs is 1. The van der Waals surface area contributed by atoms with Gasteiger partial charge in [0.2, 0.25) is 0 Å². The lowest BCUT2D eigenvalue weighted by Gasteiger charge is -2.14. The van der Waals surface area contributed by atoms with Crippen LogP contribution in [0.25, 0.3) is 22.6 Å². The van der Waals surface area contributed by atoms with Crippen LogP contribution in [0.4, 0.5) is 30.5 Å². The molecular formula is C19H16F3N9O. The molecule has 0 bridgehead atoms. The third-order valence-electron chi connectivity index (χ3n) is 4.51. The van der Waals surface area contributed by atoms with Crippen molar-refractivity contribution in [2.45, 2.75) is 19.4 Å². The van der Waals surface area contributed by atoms with Gasteiger partial charge in [-0.25, -0.2) is 19.0 Å². The van der Waals surface area contributed by atoms with E-state index < -0.39 is 17.6 Å². The van der Waals surface area contributed by atoms with Crippen molar-refractivity contribution < 1.29 is 18.0 Å². The molecule has 32 heavy (non-hydrogen) atoms. The molecule has 3 heterocycles. The van der Waals surface area contributed by atoms with Crippen LogP contribution in [-0.4, -0.2) is 41.8 Å². The van der Waals surface area contributed by atoms with Crippen molar-refractivity contribution in [3.8, 4) is 11.5 Å². The number of anilines is 3. The number of hydrogen-bond donors (Lipinski definition) is 3. The van der Waals surface area contributed by atoms with Crippen molar-refractivity contribution in [2.24, 2.45) is 0 Å². The summed E-state index contributed by atoms with van der Waals surface area (Å²) in [5.41, 5.74) is 12.3. The lowest BCUT2D eigenvalue weighted by molar-refractivity contribution is -0.137. The van der Waals surface area contributed by atoms with Gasteiger partial charge in [-0.15, -0.1) is 5.10 Å². The average molecular weight is 443 g/mol. The molecule has 0 aliphatic rings. The Morgan fingerprint density at radius 3 is 2.50 bits per heavy atom. The summed E-state index contributed by atoms with van der Waals surface area (Å²) in [6.07, 6.45) is 1.42. The van der Waals surface area contributed by atoms with Gasteiger partial charge in [-0.1, -0.05) is 18.2 Å². The number of carbonyl (C=O) groups is 1. The molecule has 0 spiro atoms. The third-order valence-corrected chi connectivity index (χ3v) is 4.51. The topological polar surface area (TPSA) is 151 Å². The molecule has 164 valence electrons. The highest BCUT2D eigenvalue weighted by Crippen LogP contribution is 2.31. The molecule has 0 fully saturated rings. The summed E-state index contributed by atoms with van der Waals surface area (Å²) in [5, 5.41) is 14.7. The third kappa shape index (κ3) is 3.87. The molecule has 0 atom stereocenters. The van der Waals surface area contributed by atoms with Gasteiger partial charge in [-0.2, -0.15) is 19.0 Å². The van der Waals surface area contributed by atoms with Crippen LogP contribution >= 0.6 is 0 Å². The van der Waals surface area contributed by atoms with Crippen molar-refractivity contribution in [1.82, 2.24) is 29.9 Å². The first-order valence-corrected chi connectivity index (χ1v) is 9.19. The van der Waals surface area contributed by atoms with Crippen LogP contribution in [0.15, 0.2) is 36.5 Å². The van der Waals surface area contributed by atoms with Gasteiger partial charge >= 0.3 is 5.92 Å². The first kappa shape index (κ1) is 21.0. The first-order chi connectivity index (χ1) is 15.1. The molecule has 1 amide bonds. The van der Waals surface area contributed by atoms with Crippen LogP contribution in [0.5, 0.6) is 0 Å². The van der Waals surface area contributed by atoms with Crippen molar-refractivity contribution in [2.75, 3.05) is 16.8 Å². The normalized spacial score (nSPS) is 11.6. The largest absolute Gasteiger partial charge is 0.382 e. The Morgan fingerprint density at radius 1 is 1.16 bits per heavy atom. The Morgan fingerprint density at radius 2 is 1.84 bits per heavy atom. The summed E-state index contributed by atoms with van der Waals surface area (Å²) in [4.78, 5) is 19.7. The molecule has 13 heteroatoms. The number of benzene rings is 1. The number of nitrogen functional groups attached to an aromatic ring is 2. The molecule has 5 N–H and O–H groups in total. The second-order valence-corrected chi connectivity index (χ2v) is 6.90. The smallest absolute Gasteiger partial charge is 0.322 e. The predicted octanol–water partition coefficient (Wildman–Crippen LogP) is 2.23. The Bertz CT molecular complexity index is 1310. The van der Waals surface area contributed by atoms with Crippen LogP contribution in [0, 0.1) is 5.82 Å². The molecule has 0 saturated carbocycles. The molecule has 0 aliphatic carbocycles. The summed E-state index contributed by atoms with van der Waals surface area (Å²) in [5.74, 6) is -6.38. The standard InChI is InChI=1S/C19H16F3N9O/c1-19(21,22)18(32)26-13-14(23)27-16(28-15(13)24)12-10-6-7-25-29-17(10)31(30-12)8-9-4-2-3-5-11(9)20/h2-7H,8H2,1H3,(H,26,32)(H4,23,24,27,28). The van der Waals surface area contributed by atoms with Gasteiger partial charge in [-0.3, -0.25) is 4.79 Å². The number of aromatic nitrogens is 6. The molecule has 0 radical (unpaired) electrons. The summed E-state index contributed by atoms with van der Waals surface area (Å²) in [6, 6.07) is 7.79. The summed E-state index contributed by atoms with van der Waals surface area (Å²) in [6.45, 7) is 0.478. The maximum atomic E-state index is 14.1. The molecule has 0 aliphatic heterocycles. The second-order valence-electron chi connectivity index (χ2n) is 6.90. The second kappa shape index (κ2) is 7.76. The molecular weight excluding hydrogens is 427 g/mol. The van der Waals surface area contributed by atoms with Crippen molar-refractivity contribution in [3.63, 3.8) is 0 Å². The molecule has 0 unspecified atom stereocenters. The average Bonchev–Trinajstić information content (AvgIpc) is 3.10. The van der Waals surface area contributed by atoms with Crippen LogP contribution in [-0.2, 0) is 11.3 Å². The van der Waals surface area contributed by atoms with Gasteiger partial charge in [0, 0.05) is 12.5 Å². The number of hydrogen-bond acceptors (Lipinski definition) is 8. The fraction of sp³-hybridized carbons (Fsp3) is 0.158. The SMILES string of the molecule is CC(F)(F)C(=O)Nc1c(N)nc(-c2nn(Cc3ccccc3F)c3nnccc23)nc1N. The Balaban J connectivity index is 1.77. The lowest BCUT2D eigenvalue weighted by Crippen LogP contribution is -2.32. The zero-order valence-corrected chi connectivity index (χ0v) is 16.6. The van der Waals surface area contributed by atoms with Crippen LogP contribution in [0.1, 0.15) is 12.5 Å². The van der Waals surface area contributed by atoms with Gasteiger partial charge in [-0.05, 0) is 12.1 Å². The minimum absolute atomic E-state index is 0.0356. The highest BCUT2D eigenvalue weighted by Gasteiger charge is 2.33. The molecule has 4 aromatic rings. The summed E-state index contributed by atoms with van der Waals surface area (Å²) in [7, 11) is 0. The van der Waals surface area contributed by atoms with E-state index in [2.05, 4.69) is 25.3 Å². The van der Waals surface area contributed by atoms with Crippen LogP contribution < -0.4 is 16.8 Å². The van der Waals surface area contributed by atoms with E-state index in [0.29, 0.717) is 23.5 Å². The number of rotatable bonds is 5. The quantitative estimate of drug-likeness (QED) is 0.425. The molecule has 1 aromatic carbocycles. The fourth-order valence-corrected chi connectivity index (χ4v) is 2.94. The first-order valence-electron chi connectivity index (χ1n) is 9.19. The highest BCUT2D eigenvalue weighted by molar-refractivity contribution is 6.00. The van der Waals surface area contributed by atoms with E-state index in [4.69, 9.17) is 11.5 Å². The molecule has 3 aromatic heterocycles. The fourth-order valence-electron chi connectivity index (χ4n) is 2.94. The van der Waals surface area contributed by atoms with Gasteiger partial charge in [0.1, 0.15) is 17.2 Å².